The summed E-state index contributed by atoms with van der Waals surface area (Å²) < 4.78 is 5.22. The molecule has 1 saturated heterocycles. The standard InChI is InChI=1S/C21H23N3O3/c1-27-18-10-6-15(7-11-18)19(14-2-3-14)23-20(25)16-4-8-17(9-5-16)24-13-12-22-21(24)26/h4-11,14,19H,2-3,12-13H2,1H3,(H,22,26)(H,23,25). The minimum absolute atomic E-state index is 0.00689. The Hall–Kier alpha value is -3.02. The van der Waals surface area contributed by atoms with Crippen LogP contribution in [-0.4, -0.2) is 32.1 Å². The smallest absolute Gasteiger partial charge is 0.321 e. The number of carbonyl (C=O) groups is 2. The summed E-state index contributed by atoms with van der Waals surface area (Å²) in [6.45, 7) is 1.29. The lowest BCUT2D eigenvalue weighted by Gasteiger charge is -2.20. The molecule has 3 amide bonds. The molecule has 6 heteroatoms. The van der Waals surface area contributed by atoms with Crippen LogP contribution in [-0.2, 0) is 0 Å². The number of hydrogen-bond acceptors (Lipinski definition) is 3. The SMILES string of the molecule is COc1ccc(C(NC(=O)c2ccc(N3CCNC3=O)cc2)C2CC2)cc1. The van der Waals surface area contributed by atoms with E-state index in [1.807, 2.05) is 36.4 Å². The van der Waals surface area contributed by atoms with Gasteiger partial charge in [0.25, 0.3) is 5.91 Å². The maximum Gasteiger partial charge on any atom is 0.321 e. The first-order chi connectivity index (χ1) is 13.2. The molecule has 4 rings (SSSR count). The largest absolute Gasteiger partial charge is 0.497 e. The van der Waals surface area contributed by atoms with Gasteiger partial charge in [0.15, 0.2) is 0 Å². The molecule has 1 heterocycles. The molecule has 2 aliphatic rings. The first-order valence-electron chi connectivity index (χ1n) is 9.26. The van der Waals surface area contributed by atoms with Gasteiger partial charge < -0.3 is 15.4 Å². The fourth-order valence-electron chi connectivity index (χ4n) is 3.45. The van der Waals surface area contributed by atoms with Gasteiger partial charge in [-0.25, -0.2) is 4.79 Å². The summed E-state index contributed by atoms with van der Waals surface area (Å²) in [6.07, 6.45) is 2.25. The molecule has 2 aromatic carbocycles. The lowest BCUT2D eigenvalue weighted by atomic mass is 10.0. The van der Waals surface area contributed by atoms with Crippen molar-refractivity contribution in [2.24, 2.45) is 5.92 Å². The molecule has 0 aromatic heterocycles. The van der Waals surface area contributed by atoms with E-state index in [2.05, 4.69) is 10.6 Å². The Morgan fingerprint density at radius 3 is 2.41 bits per heavy atom. The zero-order chi connectivity index (χ0) is 18.8. The molecule has 0 spiro atoms. The summed E-state index contributed by atoms with van der Waals surface area (Å²) in [5.74, 6) is 1.19. The normalized spacial score (nSPS) is 17.4. The van der Waals surface area contributed by atoms with Gasteiger partial charge in [0.2, 0.25) is 0 Å². The number of benzene rings is 2. The number of nitrogens with one attached hydrogen (secondary N) is 2. The van der Waals surface area contributed by atoms with Gasteiger partial charge in [0.1, 0.15) is 5.75 Å². The van der Waals surface area contributed by atoms with Crippen LogP contribution in [0.25, 0.3) is 0 Å². The molecule has 1 saturated carbocycles. The molecular weight excluding hydrogens is 342 g/mol. The van der Waals surface area contributed by atoms with Crippen LogP contribution in [0, 0.1) is 5.92 Å². The van der Waals surface area contributed by atoms with Crippen molar-refractivity contribution >= 4 is 17.6 Å². The van der Waals surface area contributed by atoms with Crippen molar-refractivity contribution in [2.45, 2.75) is 18.9 Å². The third kappa shape index (κ3) is 3.74. The quantitative estimate of drug-likeness (QED) is 0.826. The number of ether oxygens (including phenoxy) is 1. The molecule has 0 bridgehead atoms. The van der Waals surface area contributed by atoms with Crippen molar-refractivity contribution in [1.29, 1.82) is 0 Å². The second kappa shape index (κ2) is 7.31. The lowest BCUT2D eigenvalue weighted by molar-refractivity contribution is 0.0931. The number of carbonyl (C=O) groups excluding carboxylic acids is 2. The van der Waals surface area contributed by atoms with Crippen LogP contribution in [0.5, 0.6) is 5.75 Å². The molecule has 2 fully saturated rings. The maximum absolute atomic E-state index is 12.8. The van der Waals surface area contributed by atoms with Gasteiger partial charge in [0, 0.05) is 24.3 Å². The van der Waals surface area contributed by atoms with Crippen LogP contribution in [0.15, 0.2) is 48.5 Å². The molecule has 2 aromatic rings. The average molecular weight is 365 g/mol. The highest BCUT2D eigenvalue weighted by molar-refractivity contribution is 5.97. The van der Waals surface area contributed by atoms with Crippen molar-refractivity contribution in [2.75, 3.05) is 25.1 Å². The van der Waals surface area contributed by atoms with Crippen LogP contribution in [0.4, 0.5) is 10.5 Å². The summed E-state index contributed by atoms with van der Waals surface area (Å²) in [5.41, 5.74) is 2.49. The third-order valence-electron chi connectivity index (χ3n) is 5.15. The third-order valence-corrected chi connectivity index (χ3v) is 5.15. The van der Waals surface area contributed by atoms with Crippen molar-refractivity contribution in [3.8, 4) is 5.75 Å². The molecule has 1 aliphatic carbocycles. The zero-order valence-electron chi connectivity index (χ0n) is 15.3. The van der Waals surface area contributed by atoms with Crippen LogP contribution in [0.1, 0.15) is 34.8 Å². The second-order valence-electron chi connectivity index (χ2n) is 6.99. The first kappa shape index (κ1) is 17.4. The van der Waals surface area contributed by atoms with E-state index in [1.54, 1.807) is 24.1 Å². The van der Waals surface area contributed by atoms with Gasteiger partial charge in [-0.3, -0.25) is 9.69 Å². The summed E-state index contributed by atoms with van der Waals surface area (Å²) in [7, 11) is 1.64. The van der Waals surface area contributed by atoms with E-state index in [0.29, 0.717) is 24.6 Å². The number of urea groups is 1. The van der Waals surface area contributed by atoms with Gasteiger partial charge in [-0.2, -0.15) is 0 Å². The number of methoxy groups -OCH3 is 1. The number of amides is 3. The van der Waals surface area contributed by atoms with Crippen molar-refractivity contribution < 1.29 is 14.3 Å². The van der Waals surface area contributed by atoms with E-state index in [0.717, 1.165) is 29.8 Å². The summed E-state index contributed by atoms with van der Waals surface area (Å²) in [4.78, 5) is 26.2. The highest BCUT2D eigenvalue weighted by Gasteiger charge is 2.33. The molecule has 1 atom stereocenters. The molecule has 140 valence electrons. The van der Waals surface area contributed by atoms with Crippen LogP contribution < -0.4 is 20.3 Å². The van der Waals surface area contributed by atoms with Gasteiger partial charge >= 0.3 is 6.03 Å². The van der Waals surface area contributed by atoms with Crippen LogP contribution in [0.3, 0.4) is 0 Å². The van der Waals surface area contributed by atoms with E-state index in [9.17, 15) is 9.59 Å². The lowest BCUT2D eigenvalue weighted by Crippen LogP contribution is -2.30. The van der Waals surface area contributed by atoms with Crippen molar-refractivity contribution in [1.82, 2.24) is 10.6 Å². The summed E-state index contributed by atoms with van der Waals surface area (Å²) in [5, 5.41) is 5.95. The maximum atomic E-state index is 12.8. The minimum Gasteiger partial charge on any atom is -0.497 e. The van der Waals surface area contributed by atoms with Crippen molar-refractivity contribution in [3.63, 3.8) is 0 Å². The Morgan fingerprint density at radius 1 is 1.15 bits per heavy atom. The van der Waals surface area contributed by atoms with Gasteiger partial charge in [-0.1, -0.05) is 12.1 Å². The summed E-state index contributed by atoms with van der Waals surface area (Å²) in [6, 6.07) is 15.0. The molecule has 2 N–H and O–H groups in total. The van der Waals surface area contributed by atoms with E-state index < -0.39 is 0 Å². The molecule has 27 heavy (non-hydrogen) atoms. The highest BCUT2D eigenvalue weighted by atomic mass is 16.5. The van der Waals surface area contributed by atoms with Crippen molar-refractivity contribution in [3.05, 3.63) is 59.7 Å². The average Bonchev–Trinajstić information content (AvgIpc) is 3.46. The fraction of sp³-hybridized carbons (Fsp3) is 0.333. The Kier molecular flexibility index (Phi) is 4.71. The number of anilines is 1. The second-order valence-corrected chi connectivity index (χ2v) is 6.99. The van der Waals surface area contributed by atoms with E-state index in [4.69, 9.17) is 4.74 Å². The fourth-order valence-corrected chi connectivity index (χ4v) is 3.45. The number of nitrogens with zero attached hydrogens (tertiary/aromatic N) is 1. The van der Waals surface area contributed by atoms with Crippen LogP contribution >= 0.6 is 0 Å². The minimum atomic E-state index is -0.0971. The molecule has 0 radical (unpaired) electrons. The highest BCUT2D eigenvalue weighted by Crippen LogP contribution is 2.41. The van der Waals surface area contributed by atoms with Crippen LogP contribution in [0.2, 0.25) is 0 Å². The van der Waals surface area contributed by atoms with E-state index in [-0.39, 0.29) is 18.0 Å². The first-order valence-corrected chi connectivity index (χ1v) is 9.26. The van der Waals surface area contributed by atoms with Gasteiger partial charge in [-0.05, 0) is 60.7 Å². The van der Waals surface area contributed by atoms with E-state index >= 15 is 0 Å². The predicted octanol–water partition coefficient (Wildman–Crippen LogP) is 3.11. The predicted molar refractivity (Wildman–Crippen MR) is 103 cm³/mol. The Bertz CT molecular complexity index is 829. The Balaban J connectivity index is 1.47. The zero-order valence-corrected chi connectivity index (χ0v) is 15.3. The van der Waals surface area contributed by atoms with Gasteiger partial charge in [0.05, 0.1) is 13.2 Å². The monoisotopic (exact) mass is 365 g/mol. The molecule has 1 unspecified atom stereocenters. The topological polar surface area (TPSA) is 70.7 Å². The molecular formula is C21H23N3O3. The van der Waals surface area contributed by atoms with Gasteiger partial charge in [-0.15, -0.1) is 0 Å². The number of rotatable bonds is 6. The number of hydrogen-bond donors (Lipinski definition) is 2. The Morgan fingerprint density at radius 2 is 1.85 bits per heavy atom. The molecule has 1 aliphatic heterocycles. The summed E-state index contributed by atoms with van der Waals surface area (Å²) >= 11 is 0. The van der Waals surface area contributed by atoms with E-state index in [1.165, 1.54) is 0 Å². The Labute approximate surface area is 158 Å². The molecule has 6 nitrogen and oxygen atoms in total.